The SMILES string of the molecule is CCC(C)C1NC(=O)c2ccccc2C1=CC(=O)O.CCC(C)C1NC(=S)c2ccccc2C1=CC(=O)O. The minimum Gasteiger partial charge on any atom is -0.478 e. The first-order chi connectivity index (χ1) is 18.1. The molecule has 38 heavy (non-hydrogen) atoms. The molecule has 2 aromatic rings. The predicted octanol–water partition coefficient (Wildman–Crippen LogP) is 5.16. The Bertz CT molecular complexity index is 1200. The molecule has 4 rings (SSSR count). The Morgan fingerprint density at radius 2 is 1.18 bits per heavy atom. The third-order valence-corrected chi connectivity index (χ3v) is 7.53. The lowest BCUT2D eigenvalue weighted by atomic mass is 9.82. The summed E-state index contributed by atoms with van der Waals surface area (Å²) < 4.78 is 0. The van der Waals surface area contributed by atoms with Gasteiger partial charge in [-0.2, -0.15) is 0 Å². The zero-order chi connectivity index (χ0) is 28.0. The van der Waals surface area contributed by atoms with Crippen LogP contribution in [0.15, 0.2) is 60.7 Å². The normalized spacial score (nSPS) is 21.7. The molecule has 4 unspecified atom stereocenters. The molecule has 0 radical (unpaired) electrons. The Morgan fingerprint density at radius 1 is 0.789 bits per heavy atom. The number of carboxylic acid groups (broad SMARTS) is 2. The van der Waals surface area contributed by atoms with Gasteiger partial charge in [-0.15, -0.1) is 0 Å². The number of hydrogen-bond acceptors (Lipinski definition) is 4. The number of amides is 1. The van der Waals surface area contributed by atoms with Gasteiger partial charge in [0.25, 0.3) is 5.91 Å². The maximum absolute atomic E-state index is 12.1. The van der Waals surface area contributed by atoms with Crippen molar-refractivity contribution in [3.63, 3.8) is 0 Å². The maximum atomic E-state index is 12.1. The van der Waals surface area contributed by atoms with Crippen LogP contribution >= 0.6 is 12.2 Å². The van der Waals surface area contributed by atoms with Gasteiger partial charge in [0.15, 0.2) is 0 Å². The minimum atomic E-state index is -0.991. The second-order valence-corrected chi connectivity index (χ2v) is 10.0. The molecule has 200 valence electrons. The number of aliphatic carboxylic acids is 2. The van der Waals surface area contributed by atoms with E-state index in [9.17, 15) is 14.4 Å². The van der Waals surface area contributed by atoms with Crippen LogP contribution in [0.4, 0.5) is 0 Å². The Labute approximate surface area is 228 Å². The lowest BCUT2D eigenvalue weighted by Crippen LogP contribution is -2.44. The van der Waals surface area contributed by atoms with Gasteiger partial charge >= 0.3 is 11.9 Å². The first-order valence-electron chi connectivity index (χ1n) is 12.8. The van der Waals surface area contributed by atoms with Crippen molar-refractivity contribution in [2.45, 2.75) is 52.6 Å². The summed E-state index contributed by atoms with van der Waals surface area (Å²) >= 11 is 5.39. The van der Waals surface area contributed by atoms with Crippen LogP contribution in [-0.2, 0) is 9.59 Å². The molecular weight excluding hydrogens is 500 g/mol. The second-order valence-electron chi connectivity index (χ2n) is 9.64. The maximum Gasteiger partial charge on any atom is 0.328 e. The van der Waals surface area contributed by atoms with Gasteiger partial charge in [-0.25, -0.2) is 9.59 Å². The largest absolute Gasteiger partial charge is 0.478 e. The molecular formula is C30H34N2O5S. The van der Waals surface area contributed by atoms with Crippen LogP contribution in [0, 0.1) is 11.8 Å². The Balaban J connectivity index is 0.000000211. The van der Waals surface area contributed by atoms with Crippen molar-refractivity contribution in [3.8, 4) is 0 Å². The molecule has 1 amide bonds. The lowest BCUT2D eigenvalue weighted by molar-refractivity contribution is -0.132. The number of nitrogens with one attached hydrogen (secondary N) is 2. The molecule has 7 nitrogen and oxygen atoms in total. The van der Waals surface area contributed by atoms with E-state index >= 15 is 0 Å². The van der Waals surface area contributed by atoms with Crippen LogP contribution in [-0.4, -0.2) is 45.1 Å². The van der Waals surface area contributed by atoms with Crippen LogP contribution in [0.1, 0.15) is 67.6 Å². The number of carboxylic acids is 2. The molecule has 2 heterocycles. The fourth-order valence-electron chi connectivity index (χ4n) is 4.76. The van der Waals surface area contributed by atoms with Crippen LogP contribution in [0.25, 0.3) is 11.1 Å². The number of carbonyl (C=O) groups excluding carboxylic acids is 1. The molecule has 8 heteroatoms. The third kappa shape index (κ3) is 6.37. The van der Waals surface area contributed by atoms with Crippen molar-refractivity contribution in [1.82, 2.24) is 10.6 Å². The van der Waals surface area contributed by atoms with E-state index in [0.717, 1.165) is 35.1 Å². The molecule has 0 aliphatic carbocycles. The van der Waals surface area contributed by atoms with Gasteiger partial charge in [-0.1, -0.05) is 95.2 Å². The number of rotatable bonds is 6. The highest BCUT2D eigenvalue weighted by Crippen LogP contribution is 2.33. The van der Waals surface area contributed by atoms with E-state index in [1.165, 1.54) is 12.2 Å². The van der Waals surface area contributed by atoms with Crippen LogP contribution in [0.3, 0.4) is 0 Å². The number of thiocarbonyl (C=S) groups is 1. The molecule has 4 N–H and O–H groups in total. The molecule has 2 aliphatic rings. The van der Waals surface area contributed by atoms with Crippen LogP contribution < -0.4 is 10.6 Å². The van der Waals surface area contributed by atoms with Gasteiger partial charge in [0, 0.05) is 23.3 Å². The van der Waals surface area contributed by atoms with Crippen molar-refractivity contribution in [2.75, 3.05) is 0 Å². The van der Waals surface area contributed by atoms with E-state index in [1.807, 2.05) is 44.2 Å². The Hall–Kier alpha value is -3.78. The van der Waals surface area contributed by atoms with Gasteiger partial charge in [0.2, 0.25) is 0 Å². The third-order valence-electron chi connectivity index (χ3n) is 7.19. The molecule has 0 fully saturated rings. The summed E-state index contributed by atoms with van der Waals surface area (Å²) in [7, 11) is 0. The second kappa shape index (κ2) is 12.6. The minimum absolute atomic E-state index is 0.0384. The molecule has 2 aromatic carbocycles. The molecule has 4 atom stereocenters. The number of carbonyl (C=O) groups is 3. The first kappa shape index (κ1) is 28.8. The summed E-state index contributed by atoms with van der Waals surface area (Å²) in [6.45, 7) is 8.22. The quantitative estimate of drug-likeness (QED) is 0.299. The molecule has 2 aliphatic heterocycles. The predicted molar refractivity (Wildman–Crippen MR) is 153 cm³/mol. The monoisotopic (exact) mass is 534 g/mol. The zero-order valence-electron chi connectivity index (χ0n) is 22.0. The number of hydrogen-bond donors (Lipinski definition) is 4. The van der Waals surface area contributed by atoms with Crippen LogP contribution in [0.2, 0.25) is 0 Å². The summed E-state index contributed by atoms with van der Waals surface area (Å²) in [5, 5.41) is 24.3. The molecule has 0 saturated carbocycles. The van der Waals surface area contributed by atoms with E-state index in [0.29, 0.717) is 22.0 Å². The highest BCUT2D eigenvalue weighted by Gasteiger charge is 2.32. The lowest BCUT2D eigenvalue weighted by Gasteiger charge is -2.33. The van der Waals surface area contributed by atoms with Gasteiger partial charge in [0.1, 0.15) is 4.99 Å². The first-order valence-corrected chi connectivity index (χ1v) is 13.2. The van der Waals surface area contributed by atoms with Gasteiger partial charge in [-0.3, -0.25) is 4.79 Å². The highest BCUT2D eigenvalue weighted by atomic mass is 32.1. The summed E-state index contributed by atoms with van der Waals surface area (Å²) in [5.41, 5.74) is 4.58. The van der Waals surface area contributed by atoms with E-state index in [4.69, 9.17) is 22.4 Å². The van der Waals surface area contributed by atoms with Crippen molar-refractivity contribution in [1.29, 1.82) is 0 Å². The smallest absolute Gasteiger partial charge is 0.328 e. The van der Waals surface area contributed by atoms with Crippen molar-refractivity contribution in [3.05, 3.63) is 82.9 Å². The van der Waals surface area contributed by atoms with Crippen molar-refractivity contribution >= 4 is 46.2 Å². The van der Waals surface area contributed by atoms with E-state index < -0.39 is 11.9 Å². The number of fused-ring (bicyclic) bond motifs is 2. The summed E-state index contributed by atoms with van der Waals surface area (Å²) in [6, 6.07) is 14.5. The highest BCUT2D eigenvalue weighted by molar-refractivity contribution is 7.80. The Morgan fingerprint density at radius 3 is 1.63 bits per heavy atom. The van der Waals surface area contributed by atoms with Crippen molar-refractivity contribution in [2.24, 2.45) is 11.8 Å². The average Bonchev–Trinajstić information content (AvgIpc) is 2.90. The zero-order valence-corrected chi connectivity index (χ0v) is 22.8. The fourth-order valence-corrected chi connectivity index (χ4v) is 5.07. The Kier molecular flexibility index (Phi) is 9.58. The fraction of sp³-hybridized carbons (Fsp3) is 0.333. The summed E-state index contributed by atoms with van der Waals surface area (Å²) in [6.07, 6.45) is 4.32. The van der Waals surface area contributed by atoms with Gasteiger partial charge in [-0.05, 0) is 40.2 Å². The molecule has 0 saturated heterocycles. The molecule has 0 spiro atoms. The molecule has 0 bridgehead atoms. The van der Waals surface area contributed by atoms with Gasteiger partial charge < -0.3 is 20.8 Å². The summed E-state index contributed by atoms with van der Waals surface area (Å²) in [5.74, 6) is -1.55. The molecule has 0 aromatic heterocycles. The standard InChI is InChI=1S/C15H17NO3.C15H17NO2S/c2*1-3-9(2)14-12(8-13(17)18)10-6-4-5-7-11(10)15(19)16-14/h2*4-9,14H,3H2,1-2H3,(H,16,19)(H,17,18). The van der Waals surface area contributed by atoms with Crippen molar-refractivity contribution < 1.29 is 24.6 Å². The van der Waals surface area contributed by atoms with E-state index in [1.54, 1.807) is 18.2 Å². The topological polar surface area (TPSA) is 116 Å². The van der Waals surface area contributed by atoms with Gasteiger partial charge in [0.05, 0.1) is 12.1 Å². The summed E-state index contributed by atoms with van der Waals surface area (Å²) in [4.78, 5) is 34.9. The van der Waals surface area contributed by atoms with E-state index in [-0.39, 0.29) is 23.9 Å². The number of benzene rings is 2. The van der Waals surface area contributed by atoms with E-state index in [2.05, 4.69) is 24.5 Å². The average molecular weight is 535 g/mol. The van der Waals surface area contributed by atoms with Crippen LogP contribution in [0.5, 0.6) is 0 Å².